The number of hydrogen-bond acceptors (Lipinski definition) is 2. The molecule has 0 spiro atoms. The largest absolute Gasteiger partial charge is 0.380 e. The molecular weight excluding hydrogens is 198 g/mol. The van der Waals surface area contributed by atoms with E-state index in [1.807, 2.05) is 7.11 Å². The van der Waals surface area contributed by atoms with Crippen molar-refractivity contribution >= 4 is 0 Å². The molecule has 94 valence electrons. The molecule has 2 fully saturated rings. The van der Waals surface area contributed by atoms with Gasteiger partial charge in [0.2, 0.25) is 0 Å². The summed E-state index contributed by atoms with van der Waals surface area (Å²) in [6, 6.07) is 1.29. The maximum Gasteiger partial charge on any atom is 0.0724 e. The maximum absolute atomic E-state index is 5.60. The zero-order chi connectivity index (χ0) is 11.4. The van der Waals surface area contributed by atoms with E-state index in [0.717, 1.165) is 5.92 Å². The normalized spacial score (nSPS) is 34.1. The summed E-state index contributed by atoms with van der Waals surface area (Å²) in [6.45, 7) is 2.37. The highest BCUT2D eigenvalue weighted by molar-refractivity contribution is 4.86. The third-order valence-electron chi connectivity index (χ3n) is 4.59. The van der Waals surface area contributed by atoms with Crippen molar-refractivity contribution in [3.63, 3.8) is 0 Å². The lowest BCUT2D eigenvalue weighted by atomic mass is 9.90. The minimum absolute atomic E-state index is 0.456. The van der Waals surface area contributed by atoms with Crippen LogP contribution < -0.4 is 5.32 Å². The van der Waals surface area contributed by atoms with Gasteiger partial charge in [-0.2, -0.15) is 0 Å². The first-order valence-corrected chi connectivity index (χ1v) is 7.10. The van der Waals surface area contributed by atoms with Gasteiger partial charge in [-0.05, 0) is 38.5 Å². The second-order valence-corrected chi connectivity index (χ2v) is 5.66. The van der Waals surface area contributed by atoms with Gasteiger partial charge in [-0.3, -0.25) is 0 Å². The van der Waals surface area contributed by atoms with E-state index in [2.05, 4.69) is 12.2 Å². The van der Waals surface area contributed by atoms with E-state index in [1.54, 1.807) is 0 Å². The Bertz CT molecular complexity index is 201. The van der Waals surface area contributed by atoms with Crippen molar-refractivity contribution in [2.75, 3.05) is 7.11 Å². The minimum atomic E-state index is 0.456. The average molecular weight is 225 g/mol. The van der Waals surface area contributed by atoms with Gasteiger partial charge in [-0.1, -0.05) is 25.7 Å². The van der Waals surface area contributed by atoms with Crippen LogP contribution >= 0.6 is 0 Å². The van der Waals surface area contributed by atoms with E-state index in [1.165, 1.54) is 51.4 Å². The van der Waals surface area contributed by atoms with Crippen LogP contribution in [0.3, 0.4) is 0 Å². The van der Waals surface area contributed by atoms with Crippen molar-refractivity contribution in [1.82, 2.24) is 5.32 Å². The quantitative estimate of drug-likeness (QED) is 0.794. The Labute approximate surface area is 100 Å². The van der Waals surface area contributed by atoms with Crippen molar-refractivity contribution in [2.24, 2.45) is 5.92 Å². The Kier molecular flexibility index (Phi) is 4.66. The van der Waals surface area contributed by atoms with Crippen LogP contribution in [0.5, 0.6) is 0 Å². The SMILES string of the molecule is COC1CCCCC1NC(C)C1CCCC1. The third-order valence-corrected chi connectivity index (χ3v) is 4.59. The molecule has 0 heterocycles. The van der Waals surface area contributed by atoms with Crippen molar-refractivity contribution in [2.45, 2.75) is 76.5 Å². The first-order chi connectivity index (χ1) is 7.81. The van der Waals surface area contributed by atoms with Gasteiger partial charge in [0, 0.05) is 19.2 Å². The molecule has 2 aliphatic rings. The standard InChI is InChI=1S/C14H27NO/c1-11(12-7-3-4-8-12)15-13-9-5-6-10-14(13)16-2/h11-15H,3-10H2,1-2H3. The number of ether oxygens (including phenoxy) is 1. The Hall–Kier alpha value is -0.0800. The highest BCUT2D eigenvalue weighted by atomic mass is 16.5. The fourth-order valence-electron chi connectivity index (χ4n) is 3.50. The molecule has 0 aliphatic heterocycles. The minimum Gasteiger partial charge on any atom is -0.380 e. The molecule has 0 saturated heterocycles. The molecule has 2 saturated carbocycles. The summed E-state index contributed by atoms with van der Waals surface area (Å²) in [5.41, 5.74) is 0. The topological polar surface area (TPSA) is 21.3 Å². The molecule has 2 aliphatic carbocycles. The van der Waals surface area contributed by atoms with E-state index in [9.17, 15) is 0 Å². The predicted octanol–water partition coefficient (Wildman–Crippen LogP) is 3.11. The molecule has 0 amide bonds. The van der Waals surface area contributed by atoms with Gasteiger partial charge < -0.3 is 10.1 Å². The molecule has 2 nitrogen and oxygen atoms in total. The lowest BCUT2D eigenvalue weighted by Crippen LogP contribution is -2.48. The zero-order valence-electron chi connectivity index (χ0n) is 10.9. The molecule has 16 heavy (non-hydrogen) atoms. The summed E-state index contributed by atoms with van der Waals surface area (Å²) in [4.78, 5) is 0. The molecule has 2 heteroatoms. The fourth-order valence-corrected chi connectivity index (χ4v) is 3.50. The van der Waals surface area contributed by atoms with Crippen LogP contribution in [0.15, 0.2) is 0 Å². The molecule has 0 aromatic carbocycles. The van der Waals surface area contributed by atoms with Crippen LogP contribution in [0.25, 0.3) is 0 Å². The smallest absolute Gasteiger partial charge is 0.0724 e. The summed E-state index contributed by atoms with van der Waals surface area (Å²) in [5.74, 6) is 0.916. The molecular formula is C14H27NO. The van der Waals surface area contributed by atoms with Crippen molar-refractivity contribution in [1.29, 1.82) is 0 Å². The summed E-state index contributed by atoms with van der Waals surface area (Å²) in [5, 5.41) is 3.84. The second kappa shape index (κ2) is 6.02. The lowest BCUT2D eigenvalue weighted by molar-refractivity contribution is 0.0357. The van der Waals surface area contributed by atoms with E-state index >= 15 is 0 Å². The molecule has 3 atom stereocenters. The molecule has 0 aromatic heterocycles. The lowest BCUT2D eigenvalue weighted by Gasteiger charge is -2.35. The van der Waals surface area contributed by atoms with Crippen LogP contribution in [0.1, 0.15) is 58.3 Å². The fraction of sp³-hybridized carbons (Fsp3) is 1.00. The second-order valence-electron chi connectivity index (χ2n) is 5.66. The van der Waals surface area contributed by atoms with Crippen LogP contribution in [0.4, 0.5) is 0 Å². The number of hydrogen-bond donors (Lipinski definition) is 1. The first-order valence-electron chi connectivity index (χ1n) is 7.10. The molecule has 2 rings (SSSR count). The highest BCUT2D eigenvalue weighted by Gasteiger charge is 2.29. The van der Waals surface area contributed by atoms with Crippen molar-refractivity contribution in [3.8, 4) is 0 Å². The Morgan fingerprint density at radius 2 is 1.62 bits per heavy atom. The van der Waals surface area contributed by atoms with Gasteiger partial charge in [0.25, 0.3) is 0 Å². The van der Waals surface area contributed by atoms with E-state index in [4.69, 9.17) is 4.74 Å². The molecule has 0 radical (unpaired) electrons. The Balaban J connectivity index is 1.81. The van der Waals surface area contributed by atoms with Gasteiger partial charge in [0.15, 0.2) is 0 Å². The van der Waals surface area contributed by atoms with E-state index < -0.39 is 0 Å². The van der Waals surface area contributed by atoms with Gasteiger partial charge in [-0.15, -0.1) is 0 Å². The Morgan fingerprint density at radius 1 is 1.00 bits per heavy atom. The highest BCUT2D eigenvalue weighted by Crippen LogP contribution is 2.29. The van der Waals surface area contributed by atoms with Gasteiger partial charge in [0.05, 0.1) is 6.10 Å². The van der Waals surface area contributed by atoms with Crippen LogP contribution in [0.2, 0.25) is 0 Å². The zero-order valence-corrected chi connectivity index (χ0v) is 10.9. The third kappa shape index (κ3) is 2.98. The molecule has 1 N–H and O–H groups in total. The summed E-state index contributed by atoms with van der Waals surface area (Å²) >= 11 is 0. The summed E-state index contributed by atoms with van der Waals surface area (Å²) in [7, 11) is 1.87. The monoisotopic (exact) mass is 225 g/mol. The first kappa shape index (κ1) is 12.4. The number of rotatable bonds is 4. The van der Waals surface area contributed by atoms with Crippen molar-refractivity contribution < 1.29 is 4.74 Å². The van der Waals surface area contributed by atoms with E-state index in [-0.39, 0.29) is 0 Å². The number of nitrogens with one attached hydrogen (secondary N) is 1. The van der Waals surface area contributed by atoms with Gasteiger partial charge >= 0.3 is 0 Å². The van der Waals surface area contributed by atoms with Gasteiger partial charge in [-0.25, -0.2) is 0 Å². The summed E-state index contributed by atoms with van der Waals surface area (Å²) in [6.07, 6.45) is 11.4. The molecule has 3 unspecified atom stereocenters. The van der Waals surface area contributed by atoms with Crippen LogP contribution in [-0.4, -0.2) is 25.3 Å². The molecule has 0 aromatic rings. The van der Waals surface area contributed by atoms with Gasteiger partial charge in [0.1, 0.15) is 0 Å². The van der Waals surface area contributed by atoms with Crippen LogP contribution in [0, 0.1) is 5.92 Å². The maximum atomic E-state index is 5.60. The van der Waals surface area contributed by atoms with Crippen LogP contribution in [-0.2, 0) is 4.74 Å². The molecule has 0 bridgehead atoms. The summed E-state index contributed by atoms with van der Waals surface area (Å²) < 4.78 is 5.60. The predicted molar refractivity (Wildman–Crippen MR) is 67.6 cm³/mol. The average Bonchev–Trinajstić information content (AvgIpc) is 2.83. The van der Waals surface area contributed by atoms with E-state index in [0.29, 0.717) is 18.2 Å². The van der Waals surface area contributed by atoms with Crippen molar-refractivity contribution in [3.05, 3.63) is 0 Å². The Morgan fingerprint density at radius 3 is 2.31 bits per heavy atom. The number of methoxy groups -OCH3 is 1.